The molecule has 1 N–H and O–H groups in total. The highest BCUT2D eigenvalue weighted by Gasteiger charge is 2.23. The second kappa shape index (κ2) is 7.46. The standard InChI is InChI=1S/C16H19ClN2O2/c1-2-7-18-8-10-19(11-9-18)16(21)12-15(20)13-3-5-14(17)6-4-13/h1,3-6,15,20H,7-12H2. The van der Waals surface area contributed by atoms with Gasteiger partial charge in [-0.1, -0.05) is 29.7 Å². The van der Waals surface area contributed by atoms with Crippen LogP contribution in [0.1, 0.15) is 18.1 Å². The van der Waals surface area contributed by atoms with Gasteiger partial charge in [0.15, 0.2) is 0 Å². The minimum absolute atomic E-state index is 0.0298. The normalized spacial score (nSPS) is 17.3. The topological polar surface area (TPSA) is 43.8 Å². The molecule has 5 heteroatoms. The van der Waals surface area contributed by atoms with E-state index in [0.717, 1.165) is 13.1 Å². The third-order valence-electron chi connectivity index (χ3n) is 3.66. The van der Waals surface area contributed by atoms with Crippen molar-refractivity contribution in [1.29, 1.82) is 0 Å². The lowest BCUT2D eigenvalue weighted by Gasteiger charge is -2.34. The Morgan fingerprint density at radius 2 is 1.90 bits per heavy atom. The number of halogens is 1. The van der Waals surface area contributed by atoms with Gasteiger partial charge >= 0.3 is 0 Å². The number of terminal acetylenes is 1. The molecule has 0 saturated carbocycles. The highest BCUT2D eigenvalue weighted by Crippen LogP contribution is 2.20. The SMILES string of the molecule is C#CCN1CCN(C(=O)CC(O)c2ccc(Cl)cc2)CC1. The fourth-order valence-electron chi connectivity index (χ4n) is 2.38. The summed E-state index contributed by atoms with van der Waals surface area (Å²) < 4.78 is 0. The average Bonchev–Trinajstić information content (AvgIpc) is 2.49. The van der Waals surface area contributed by atoms with E-state index in [1.807, 2.05) is 0 Å². The Morgan fingerprint density at radius 1 is 1.29 bits per heavy atom. The molecular weight excluding hydrogens is 288 g/mol. The number of benzene rings is 1. The molecule has 1 saturated heterocycles. The Morgan fingerprint density at radius 3 is 2.48 bits per heavy atom. The van der Waals surface area contributed by atoms with Crippen molar-refractivity contribution in [3.8, 4) is 12.3 Å². The van der Waals surface area contributed by atoms with Crippen LogP contribution in [-0.2, 0) is 4.79 Å². The van der Waals surface area contributed by atoms with E-state index in [-0.39, 0.29) is 12.3 Å². The molecule has 1 aliphatic heterocycles. The lowest BCUT2D eigenvalue weighted by molar-refractivity contribution is -0.135. The van der Waals surface area contributed by atoms with Gasteiger partial charge < -0.3 is 10.0 Å². The molecule has 4 nitrogen and oxygen atoms in total. The number of hydrogen-bond donors (Lipinski definition) is 1. The van der Waals surface area contributed by atoms with E-state index in [2.05, 4.69) is 10.8 Å². The Bertz CT molecular complexity index is 516. The quantitative estimate of drug-likeness (QED) is 0.858. The Kier molecular flexibility index (Phi) is 5.63. The summed E-state index contributed by atoms with van der Waals surface area (Å²) >= 11 is 5.81. The predicted octanol–water partition coefficient (Wildman–Crippen LogP) is 1.54. The first-order valence-corrected chi connectivity index (χ1v) is 7.35. The summed E-state index contributed by atoms with van der Waals surface area (Å²) in [6.45, 7) is 3.51. The molecule has 0 spiro atoms. The number of carbonyl (C=O) groups is 1. The van der Waals surface area contributed by atoms with Crippen molar-refractivity contribution in [3.63, 3.8) is 0 Å². The smallest absolute Gasteiger partial charge is 0.225 e. The zero-order valence-corrected chi connectivity index (χ0v) is 12.6. The molecule has 1 atom stereocenters. The summed E-state index contributed by atoms with van der Waals surface area (Å²) in [6, 6.07) is 6.91. The van der Waals surface area contributed by atoms with Crippen LogP contribution in [0.15, 0.2) is 24.3 Å². The number of piperazine rings is 1. The van der Waals surface area contributed by atoms with Crippen LogP contribution in [0.25, 0.3) is 0 Å². The van der Waals surface area contributed by atoms with Gasteiger partial charge in [0, 0.05) is 31.2 Å². The van der Waals surface area contributed by atoms with E-state index in [4.69, 9.17) is 18.0 Å². The summed E-state index contributed by atoms with van der Waals surface area (Å²) in [5, 5.41) is 10.7. The van der Waals surface area contributed by atoms with Crippen molar-refractivity contribution in [2.45, 2.75) is 12.5 Å². The van der Waals surface area contributed by atoms with Crippen LogP contribution >= 0.6 is 11.6 Å². The molecule has 21 heavy (non-hydrogen) atoms. The summed E-state index contributed by atoms with van der Waals surface area (Å²) in [5.74, 6) is 2.58. The zero-order valence-electron chi connectivity index (χ0n) is 11.8. The van der Waals surface area contributed by atoms with Crippen molar-refractivity contribution in [2.24, 2.45) is 0 Å². The second-order valence-corrected chi connectivity index (χ2v) is 5.57. The highest BCUT2D eigenvalue weighted by atomic mass is 35.5. The monoisotopic (exact) mass is 306 g/mol. The number of rotatable bonds is 4. The summed E-state index contributed by atoms with van der Waals surface area (Å²) in [7, 11) is 0. The first-order valence-electron chi connectivity index (χ1n) is 6.97. The van der Waals surface area contributed by atoms with Gasteiger partial charge in [0.25, 0.3) is 0 Å². The van der Waals surface area contributed by atoms with Gasteiger partial charge in [0.05, 0.1) is 19.1 Å². The Balaban J connectivity index is 1.84. The Hall–Kier alpha value is -1.54. The van der Waals surface area contributed by atoms with Gasteiger partial charge in [-0.15, -0.1) is 6.42 Å². The molecule has 1 fully saturated rings. The van der Waals surface area contributed by atoms with Crippen molar-refractivity contribution in [3.05, 3.63) is 34.9 Å². The zero-order chi connectivity index (χ0) is 15.2. The lowest BCUT2D eigenvalue weighted by Crippen LogP contribution is -2.48. The van der Waals surface area contributed by atoms with E-state index in [1.54, 1.807) is 29.2 Å². The minimum Gasteiger partial charge on any atom is -0.388 e. The van der Waals surface area contributed by atoms with Gasteiger partial charge in [-0.2, -0.15) is 0 Å². The molecule has 1 heterocycles. The van der Waals surface area contributed by atoms with Crippen LogP contribution < -0.4 is 0 Å². The maximum atomic E-state index is 12.2. The van der Waals surface area contributed by atoms with Gasteiger partial charge in [0.2, 0.25) is 5.91 Å². The third kappa shape index (κ3) is 4.47. The molecular formula is C16H19ClN2O2. The van der Waals surface area contributed by atoms with E-state index >= 15 is 0 Å². The predicted molar refractivity (Wildman–Crippen MR) is 82.9 cm³/mol. The van der Waals surface area contributed by atoms with E-state index < -0.39 is 6.10 Å². The molecule has 1 aromatic carbocycles. The maximum Gasteiger partial charge on any atom is 0.225 e. The molecule has 1 amide bonds. The lowest BCUT2D eigenvalue weighted by atomic mass is 10.1. The molecule has 112 valence electrons. The van der Waals surface area contributed by atoms with Crippen LogP contribution in [0.2, 0.25) is 5.02 Å². The first-order chi connectivity index (χ1) is 10.1. The van der Waals surface area contributed by atoms with E-state index in [9.17, 15) is 9.90 Å². The highest BCUT2D eigenvalue weighted by molar-refractivity contribution is 6.30. The number of hydrogen-bond acceptors (Lipinski definition) is 3. The summed E-state index contributed by atoms with van der Waals surface area (Å²) in [5.41, 5.74) is 0.707. The minimum atomic E-state index is -0.793. The molecule has 0 aliphatic carbocycles. The van der Waals surface area contributed by atoms with Gasteiger partial charge in [-0.05, 0) is 17.7 Å². The molecule has 0 bridgehead atoms. The van der Waals surface area contributed by atoms with Crippen molar-refractivity contribution in [1.82, 2.24) is 9.80 Å². The fourth-order valence-corrected chi connectivity index (χ4v) is 2.51. The van der Waals surface area contributed by atoms with Crippen LogP contribution in [0.4, 0.5) is 0 Å². The molecule has 1 aromatic rings. The molecule has 2 rings (SSSR count). The molecule has 0 aromatic heterocycles. The van der Waals surface area contributed by atoms with Gasteiger partial charge in [-0.25, -0.2) is 0 Å². The third-order valence-corrected chi connectivity index (χ3v) is 3.91. The van der Waals surface area contributed by atoms with Crippen LogP contribution in [0.5, 0.6) is 0 Å². The van der Waals surface area contributed by atoms with E-state index in [0.29, 0.717) is 30.2 Å². The maximum absolute atomic E-state index is 12.2. The summed E-state index contributed by atoms with van der Waals surface area (Å²) in [6.07, 6.45) is 4.58. The van der Waals surface area contributed by atoms with Crippen LogP contribution in [0.3, 0.4) is 0 Å². The number of nitrogens with zero attached hydrogens (tertiary/aromatic N) is 2. The molecule has 1 aliphatic rings. The number of aliphatic hydroxyl groups excluding tert-OH is 1. The van der Waals surface area contributed by atoms with Crippen LogP contribution in [0, 0.1) is 12.3 Å². The summed E-state index contributed by atoms with van der Waals surface area (Å²) in [4.78, 5) is 16.1. The van der Waals surface area contributed by atoms with Crippen molar-refractivity contribution >= 4 is 17.5 Å². The fraction of sp³-hybridized carbons (Fsp3) is 0.438. The molecule has 0 radical (unpaired) electrons. The van der Waals surface area contributed by atoms with Gasteiger partial charge in [0.1, 0.15) is 0 Å². The van der Waals surface area contributed by atoms with Gasteiger partial charge in [-0.3, -0.25) is 9.69 Å². The van der Waals surface area contributed by atoms with Crippen LogP contribution in [-0.4, -0.2) is 53.5 Å². The Labute approximate surface area is 130 Å². The average molecular weight is 307 g/mol. The molecule has 1 unspecified atom stereocenters. The number of carbonyl (C=O) groups excluding carboxylic acids is 1. The second-order valence-electron chi connectivity index (χ2n) is 5.13. The first kappa shape index (κ1) is 15.8. The van der Waals surface area contributed by atoms with Crippen molar-refractivity contribution in [2.75, 3.05) is 32.7 Å². The van der Waals surface area contributed by atoms with Crippen molar-refractivity contribution < 1.29 is 9.90 Å². The van der Waals surface area contributed by atoms with E-state index in [1.165, 1.54) is 0 Å². The number of amides is 1. The number of aliphatic hydroxyl groups is 1. The largest absolute Gasteiger partial charge is 0.388 e.